The molecule has 2 aliphatic rings. The molecule has 0 aliphatic heterocycles. The zero-order valence-electron chi connectivity index (χ0n) is 10.6. The fraction of sp³-hybridized carbons (Fsp3) is 0.500. The Morgan fingerprint density at radius 3 is 2.82 bits per heavy atom. The lowest BCUT2D eigenvalue weighted by atomic mass is 9.65. The fourth-order valence-electron chi connectivity index (χ4n) is 3.28. The largest absolute Gasteiger partial charge is 0.206 e. The minimum Gasteiger partial charge on any atom is -0.206 e. The Hall–Kier alpha value is -1.11. The zero-order valence-corrected chi connectivity index (χ0v) is 10.6. The molecule has 2 aliphatic carbocycles. The second kappa shape index (κ2) is 3.97. The molecule has 0 heterocycles. The lowest BCUT2D eigenvalue weighted by molar-refractivity contribution is 0.304. The number of allylic oxidation sites excluding steroid dienone is 1. The molecular weight excluding hydrogens is 211 g/mol. The van der Waals surface area contributed by atoms with Crippen molar-refractivity contribution in [3.05, 3.63) is 40.2 Å². The maximum atomic E-state index is 14.5. The van der Waals surface area contributed by atoms with E-state index in [4.69, 9.17) is 0 Å². The molecule has 1 heteroatoms. The number of aryl methyl sites for hydroxylation is 2. The summed E-state index contributed by atoms with van der Waals surface area (Å²) in [6.07, 6.45) is 8.69. The van der Waals surface area contributed by atoms with Crippen molar-refractivity contribution in [1.82, 2.24) is 0 Å². The Balaban J connectivity index is 2.16. The van der Waals surface area contributed by atoms with E-state index in [1.165, 1.54) is 12.0 Å². The third-order valence-corrected chi connectivity index (χ3v) is 4.35. The van der Waals surface area contributed by atoms with Gasteiger partial charge < -0.3 is 0 Å². The van der Waals surface area contributed by atoms with Gasteiger partial charge in [0, 0.05) is 0 Å². The average Bonchev–Trinajstić information content (AvgIpc) is 2.26. The topological polar surface area (TPSA) is 0 Å². The van der Waals surface area contributed by atoms with Crippen LogP contribution in [0.2, 0.25) is 0 Å². The highest BCUT2D eigenvalue weighted by Gasteiger charge is 2.36. The Labute approximate surface area is 103 Å². The molecule has 1 aromatic carbocycles. The van der Waals surface area contributed by atoms with E-state index in [9.17, 15) is 4.39 Å². The predicted octanol–water partition coefficient (Wildman–Crippen LogP) is 4.61. The van der Waals surface area contributed by atoms with Gasteiger partial charge in [-0.15, -0.1) is 0 Å². The van der Waals surface area contributed by atoms with E-state index in [2.05, 4.69) is 26.0 Å². The summed E-state index contributed by atoms with van der Waals surface area (Å²) in [7, 11) is 0. The number of benzene rings is 1. The molecule has 0 spiro atoms. The first-order valence-corrected chi connectivity index (χ1v) is 6.72. The van der Waals surface area contributed by atoms with Crippen LogP contribution in [0.4, 0.5) is 4.39 Å². The standard InChI is InChI=1S/C16H19F/c1-3-4-12-9-10(2)13-7-5-11-6-8-14(11)15(13)16(12)17/h5,7,9,11,14H,3-4,6,8H2,1-2H3. The van der Waals surface area contributed by atoms with Crippen LogP contribution in [0.5, 0.6) is 0 Å². The molecule has 0 saturated heterocycles. The van der Waals surface area contributed by atoms with E-state index in [-0.39, 0.29) is 5.82 Å². The highest BCUT2D eigenvalue weighted by Crippen LogP contribution is 2.49. The van der Waals surface area contributed by atoms with Crippen LogP contribution >= 0.6 is 0 Å². The average molecular weight is 230 g/mol. The normalized spacial score (nSPS) is 25.1. The smallest absolute Gasteiger partial charge is 0.130 e. The number of hydrogen-bond acceptors (Lipinski definition) is 0. The van der Waals surface area contributed by atoms with Crippen molar-refractivity contribution in [1.29, 1.82) is 0 Å². The van der Waals surface area contributed by atoms with Crippen LogP contribution in [-0.2, 0) is 6.42 Å². The van der Waals surface area contributed by atoms with Crippen molar-refractivity contribution in [2.24, 2.45) is 5.92 Å². The van der Waals surface area contributed by atoms with Crippen LogP contribution < -0.4 is 0 Å². The van der Waals surface area contributed by atoms with Crippen molar-refractivity contribution < 1.29 is 4.39 Å². The summed E-state index contributed by atoms with van der Waals surface area (Å²) in [5.41, 5.74) is 4.34. The van der Waals surface area contributed by atoms with Gasteiger partial charge in [0.25, 0.3) is 0 Å². The molecule has 0 nitrogen and oxygen atoms in total. The maximum Gasteiger partial charge on any atom is 0.130 e. The second-order valence-corrected chi connectivity index (χ2v) is 5.45. The van der Waals surface area contributed by atoms with Crippen molar-refractivity contribution in [3.63, 3.8) is 0 Å². The fourth-order valence-corrected chi connectivity index (χ4v) is 3.28. The molecule has 17 heavy (non-hydrogen) atoms. The molecule has 3 rings (SSSR count). The third-order valence-electron chi connectivity index (χ3n) is 4.35. The minimum atomic E-state index is 0.0894. The molecule has 90 valence electrons. The van der Waals surface area contributed by atoms with E-state index < -0.39 is 0 Å². The maximum absolute atomic E-state index is 14.5. The van der Waals surface area contributed by atoms with Gasteiger partial charge >= 0.3 is 0 Å². The van der Waals surface area contributed by atoms with Crippen LogP contribution in [0, 0.1) is 18.7 Å². The number of rotatable bonds is 2. The van der Waals surface area contributed by atoms with Crippen LogP contribution in [-0.4, -0.2) is 0 Å². The summed E-state index contributed by atoms with van der Waals surface area (Å²) in [6.45, 7) is 4.22. The van der Waals surface area contributed by atoms with Gasteiger partial charge in [-0.05, 0) is 60.3 Å². The lowest BCUT2D eigenvalue weighted by Crippen LogP contribution is -2.27. The van der Waals surface area contributed by atoms with Gasteiger partial charge in [-0.3, -0.25) is 0 Å². The number of halogens is 1. The van der Waals surface area contributed by atoms with Crippen LogP contribution in [0.25, 0.3) is 6.08 Å². The van der Waals surface area contributed by atoms with Crippen LogP contribution in [0.3, 0.4) is 0 Å². The molecule has 1 aromatic rings. The van der Waals surface area contributed by atoms with Gasteiger partial charge in [-0.25, -0.2) is 4.39 Å². The Morgan fingerprint density at radius 2 is 2.18 bits per heavy atom. The van der Waals surface area contributed by atoms with Crippen molar-refractivity contribution in [3.8, 4) is 0 Å². The Kier molecular flexibility index (Phi) is 2.57. The monoisotopic (exact) mass is 230 g/mol. The van der Waals surface area contributed by atoms with Gasteiger partial charge in [0.2, 0.25) is 0 Å². The van der Waals surface area contributed by atoms with Crippen LogP contribution in [0.1, 0.15) is 54.4 Å². The molecule has 0 bridgehead atoms. The first-order valence-electron chi connectivity index (χ1n) is 6.72. The zero-order chi connectivity index (χ0) is 12.0. The summed E-state index contributed by atoms with van der Waals surface area (Å²) in [5, 5.41) is 0. The van der Waals surface area contributed by atoms with E-state index in [1.807, 2.05) is 6.07 Å². The van der Waals surface area contributed by atoms with E-state index in [0.29, 0.717) is 11.8 Å². The molecule has 0 N–H and O–H groups in total. The van der Waals surface area contributed by atoms with Crippen molar-refractivity contribution >= 4 is 6.08 Å². The highest BCUT2D eigenvalue weighted by molar-refractivity contribution is 5.64. The number of fused-ring (bicyclic) bond motifs is 3. The molecule has 2 unspecified atom stereocenters. The van der Waals surface area contributed by atoms with E-state index >= 15 is 0 Å². The van der Waals surface area contributed by atoms with Gasteiger partial charge in [0.15, 0.2) is 0 Å². The van der Waals surface area contributed by atoms with Gasteiger partial charge in [0.1, 0.15) is 5.82 Å². The quantitative estimate of drug-likeness (QED) is 0.696. The van der Waals surface area contributed by atoms with Gasteiger partial charge in [-0.2, -0.15) is 0 Å². The van der Waals surface area contributed by atoms with Gasteiger partial charge in [-0.1, -0.05) is 31.6 Å². The highest BCUT2D eigenvalue weighted by atomic mass is 19.1. The van der Waals surface area contributed by atoms with Crippen LogP contribution in [0.15, 0.2) is 12.1 Å². The molecule has 0 amide bonds. The summed E-state index contributed by atoms with van der Waals surface area (Å²) in [4.78, 5) is 0. The Morgan fingerprint density at radius 1 is 1.35 bits per heavy atom. The molecular formula is C16H19F. The number of hydrogen-bond donors (Lipinski definition) is 0. The SMILES string of the molecule is CCCc1cc(C)c2c(c1F)C1CCC1C=C2. The second-order valence-electron chi connectivity index (χ2n) is 5.45. The molecule has 2 atom stereocenters. The lowest BCUT2D eigenvalue weighted by Gasteiger charge is -2.39. The first kappa shape index (κ1) is 11.0. The summed E-state index contributed by atoms with van der Waals surface area (Å²) in [6, 6.07) is 2.04. The summed E-state index contributed by atoms with van der Waals surface area (Å²) >= 11 is 0. The summed E-state index contributed by atoms with van der Waals surface area (Å²) in [5.74, 6) is 1.16. The summed E-state index contributed by atoms with van der Waals surface area (Å²) < 4.78 is 14.5. The van der Waals surface area contributed by atoms with Crippen molar-refractivity contribution in [2.75, 3.05) is 0 Å². The minimum absolute atomic E-state index is 0.0894. The first-order chi connectivity index (χ1) is 8.22. The van der Waals surface area contributed by atoms with E-state index in [0.717, 1.165) is 36.0 Å². The molecule has 1 fully saturated rings. The van der Waals surface area contributed by atoms with E-state index in [1.54, 1.807) is 0 Å². The molecule has 0 aromatic heterocycles. The van der Waals surface area contributed by atoms with Crippen molar-refractivity contribution in [2.45, 2.75) is 45.4 Å². The van der Waals surface area contributed by atoms with Gasteiger partial charge in [0.05, 0.1) is 0 Å². The predicted molar refractivity (Wildman–Crippen MR) is 69.6 cm³/mol. The Bertz CT molecular complexity index is 485. The molecule has 1 saturated carbocycles. The third kappa shape index (κ3) is 1.55. The molecule has 0 radical (unpaired) electrons.